The van der Waals surface area contributed by atoms with Crippen molar-refractivity contribution in [3.05, 3.63) is 40.2 Å². The van der Waals surface area contributed by atoms with Crippen molar-refractivity contribution >= 4 is 11.6 Å². The summed E-state index contributed by atoms with van der Waals surface area (Å²) in [7, 11) is 0. The number of aryl methyl sites for hydroxylation is 1. The second kappa shape index (κ2) is 6.45. The lowest BCUT2D eigenvalue weighted by atomic mass is 10.1. The Morgan fingerprint density at radius 3 is 2.62 bits per heavy atom. The maximum Gasteiger partial charge on any atom is 0.145 e. The van der Waals surface area contributed by atoms with Gasteiger partial charge in [-0.3, -0.25) is 0 Å². The minimum absolute atomic E-state index is 0.0686. The van der Waals surface area contributed by atoms with E-state index in [2.05, 4.69) is 41.0 Å². The Bertz CT molecular complexity index is 605. The number of hydrogen-bond donors (Lipinski definition) is 1. The fourth-order valence-corrected chi connectivity index (χ4v) is 1.92. The topological polar surface area (TPSA) is 60.2 Å². The first-order valence-electron chi connectivity index (χ1n) is 6.79. The van der Waals surface area contributed by atoms with E-state index >= 15 is 0 Å². The molecule has 0 fully saturated rings. The van der Waals surface area contributed by atoms with Gasteiger partial charge in [-0.05, 0) is 45.4 Å². The van der Waals surface area contributed by atoms with E-state index < -0.39 is 0 Å². The first kappa shape index (κ1) is 15.8. The summed E-state index contributed by atoms with van der Waals surface area (Å²) in [5.74, 6) is 0.624. The monoisotopic (exact) mass is 309 g/mol. The molecule has 0 unspecified atom stereocenters. The summed E-state index contributed by atoms with van der Waals surface area (Å²) in [4.78, 5) is 0. The highest BCUT2D eigenvalue weighted by Gasteiger charge is 2.11. The minimum atomic E-state index is 0.0686. The lowest BCUT2D eigenvalue weighted by Gasteiger charge is -2.20. The van der Waals surface area contributed by atoms with Gasteiger partial charge >= 0.3 is 0 Å². The smallest absolute Gasteiger partial charge is 0.145 e. The lowest BCUT2D eigenvalue weighted by Crippen LogP contribution is -2.35. The SMILES string of the molecule is Cc1nonc1COc1ccc(CNC(C)(C)C)cc1Cl. The van der Waals surface area contributed by atoms with Crippen molar-refractivity contribution in [3.63, 3.8) is 0 Å². The molecule has 21 heavy (non-hydrogen) atoms. The van der Waals surface area contributed by atoms with Crippen LogP contribution in [-0.4, -0.2) is 15.9 Å². The molecule has 0 saturated carbocycles. The highest BCUT2D eigenvalue weighted by molar-refractivity contribution is 6.32. The third kappa shape index (κ3) is 4.72. The molecule has 0 saturated heterocycles. The van der Waals surface area contributed by atoms with Gasteiger partial charge in [0.05, 0.1) is 5.02 Å². The van der Waals surface area contributed by atoms with E-state index in [0.717, 1.165) is 17.8 Å². The van der Waals surface area contributed by atoms with Gasteiger partial charge in [0, 0.05) is 12.1 Å². The molecule has 0 spiro atoms. The molecule has 1 N–H and O–H groups in total. The van der Waals surface area contributed by atoms with E-state index in [9.17, 15) is 0 Å². The average molecular weight is 310 g/mol. The summed E-state index contributed by atoms with van der Waals surface area (Å²) in [6.07, 6.45) is 0. The Balaban J connectivity index is 1.97. The molecule has 1 aromatic carbocycles. The quantitative estimate of drug-likeness (QED) is 0.916. The molecule has 114 valence electrons. The number of benzene rings is 1. The molecular weight excluding hydrogens is 290 g/mol. The van der Waals surface area contributed by atoms with Crippen LogP contribution in [0.3, 0.4) is 0 Å². The molecule has 2 rings (SSSR count). The van der Waals surface area contributed by atoms with Crippen LogP contribution in [0.1, 0.15) is 37.7 Å². The predicted molar refractivity (Wildman–Crippen MR) is 81.4 cm³/mol. The van der Waals surface area contributed by atoms with E-state index in [4.69, 9.17) is 16.3 Å². The van der Waals surface area contributed by atoms with Crippen LogP contribution >= 0.6 is 11.6 Å². The Morgan fingerprint density at radius 1 is 1.29 bits per heavy atom. The Hall–Kier alpha value is -1.59. The maximum absolute atomic E-state index is 6.25. The molecule has 0 aliphatic heterocycles. The number of rotatable bonds is 5. The van der Waals surface area contributed by atoms with Crippen LogP contribution in [0.15, 0.2) is 22.8 Å². The van der Waals surface area contributed by atoms with Crippen LogP contribution in [0.5, 0.6) is 5.75 Å². The fraction of sp³-hybridized carbons (Fsp3) is 0.467. The van der Waals surface area contributed by atoms with Gasteiger partial charge in [0.25, 0.3) is 0 Å². The molecule has 2 aromatic rings. The van der Waals surface area contributed by atoms with Gasteiger partial charge in [0.1, 0.15) is 23.7 Å². The Morgan fingerprint density at radius 2 is 2.05 bits per heavy atom. The van der Waals surface area contributed by atoms with Gasteiger partial charge in [-0.2, -0.15) is 0 Å². The second-order valence-corrected chi connectivity index (χ2v) is 6.36. The van der Waals surface area contributed by atoms with E-state index in [-0.39, 0.29) is 12.1 Å². The molecule has 0 aliphatic rings. The van der Waals surface area contributed by atoms with Crippen molar-refractivity contribution in [1.29, 1.82) is 0 Å². The molecule has 5 nitrogen and oxygen atoms in total. The predicted octanol–water partition coefficient (Wildman–Crippen LogP) is 3.50. The lowest BCUT2D eigenvalue weighted by molar-refractivity contribution is 0.270. The Kier molecular flexibility index (Phi) is 4.85. The zero-order chi connectivity index (χ0) is 15.5. The first-order chi connectivity index (χ1) is 9.85. The first-order valence-corrected chi connectivity index (χ1v) is 7.17. The average Bonchev–Trinajstić information content (AvgIpc) is 2.80. The third-order valence-electron chi connectivity index (χ3n) is 2.93. The van der Waals surface area contributed by atoms with Gasteiger partial charge in [0.15, 0.2) is 0 Å². The zero-order valence-corrected chi connectivity index (χ0v) is 13.5. The normalized spacial score (nSPS) is 11.7. The second-order valence-electron chi connectivity index (χ2n) is 5.95. The molecule has 0 amide bonds. The van der Waals surface area contributed by atoms with E-state index in [0.29, 0.717) is 16.5 Å². The number of ether oxygens (including phenoxy) is 1. The van der Waals surface area contributed by atoms with Gasteiger partial charge in [-0.25, -0.2) is 4.63 Å². The number of nitrogens with zero attached hydrogens (tertiary/aromatic N) is 2. The zero-order valence-electron chi connectivity index (χ0n) is 12.7. The van der Waals surface area contributed by atoms with Crippen molar-refractivity contribution in [2.24, 2.45) is 0 Å². The number of hydrogen-bond acceptors (Lipinski definition) is 5. The van der Waals surface area contributed by atoms with Gasteiger partial charge < -0.3 is 10.1 Å². The summed E-state index contributed by atoms with van der Waals surface area (Å²) >= 11 is 6.25. The van der Waals surface area contributed by atoms with E-state index in [1.165, 1.54) is 0 Å². The highest BCUT2D eigenvalue weighted by atomic mass is 35.5. The molecule has 0 aliphatic carbocycles. The number of aromatic nitrogens is 2. The third-order valence-corrected chi connectivity index (χ3v) is 3.23. The molecule has 0 bridgehead atoms. The van der Waals surface area contributed by atoms with E-state index in [1.807, 2.05) is 25.1 Å². The van der Waals surface area contributed by atoms with Crippen molar-refractivity contribution < 1.29 is 9.37 Å². The molecule has 0 atom stereocenters. The standard InChI is InChI=1S/C15H20ClN3O2/c1-10-13(19-21-18-10)9-20-14-6-5-11(7-12(14)16)8-17-15(2,3)4/h5-7,17H,8-9H2,1-4H3. The van der Waals surface area contributed by atoms with Crippen LogP contribution in [0.4, 0.5) is 0 Å². The largest absolute Gasteiger partial charge is 0.486 e. The van der Waals surface area contributed by atoms with Crippen LogP contribution in [-0.2, 0) is 13.2 Å². The molecular formula is C15H20ClN3O2. The molecule has 1 aromatic heterocycles. The number of nitrogens with one attached hydrogen (secondary N) is 1. The van der Waals surface area contributed by atoms with Crippen molar-refractivity contribution in [3.8, 4) is 5.75 Å². The summed E-state index contributed by atoms with van der Waals surface area (Å²) in [6, 6.07) is 5.77. The van der Waals surface area contributed by atoms with Gasteiger partial charge in [0.2, 0.25) is 0 Å². The van der Waals surface area contributed by atoms with Crippen molar-refractivity contribution in [2.45, 2.75) is 46.4 Å². The highest BCUT2D eigenvalue weighted by Crippen LogP contribution is 2.26. The minimum Gasteiger partial charge on any atom is -0.486 e. The maximum atomic E-state index is 6.25. The van der Waals surface area contributed by atoms with Gasteiger partial charge in [-0.15, -0.1) is 0 Å². The summed E-state index contributed by atoms with van der Waals surface area (Å²) in [6.45, 7) is 9.24. The van der Waals surface area contributed by atoms with Crippen LogP contribution in [0, 0.1) is 6.92 Å². The van der Waals surface area contributed by atoms with Crippen LogP contribution in [0.25, 0.3) is 0 Å². The van der Waals surface area contributed by atoms with Gasteiger partial charge in [-0.1, -0.05) is 28.0 Å². The summed E-state index contributed by atoms with van der Waals surface area (Å²) in [5.41, 5.74) is 2.57. The summed E-state index contributed by atoms with van der Waals surface area (Å²) < 4.78 is 10.3. The van der Waals surface area contributed by atoms with Crippen molar-refractivity contribution in [2.75, 3.05) is 0 Å². The summed E-state index contributed by atoms with van der Waals surface area (Å²) in [5, 5.41) is 11.5. The van der Waals surface area contributed by atoms with E-state index in [1.54, 1.807) is 0 Å². The van der Waals surface area contributed by atoms with Crippen LogP contribution < -0.4 is 10.1 Å². The molecule has 6 heteroatoms. The van der Waals surface area contributed by atoms with Crippen molar-refractivity contribution in [1.82, 2.24) is 15.6 Å². The fourth-order valence-electron chi connectivity index (χ4n) is 1.67. The van der Waals surface area contributed by atoms with Crippen LogP contribution in [0.2, 0.25) is 5.02 Å². The molecule has 0 radical (unpaired) electrons. The molecule has 1 heterocycles. The number of halogens is 1. The Labute approximate surface area is 129 Å².